The molecule has 1 fully saturated rings. The van der Waals surface area contributed by atoms with Crippen LogP contribution >= 0.6 is 23.5 Å². The van der Waals surface area contributed by atoms with Crippen molar-refractivity contribution in [2.75, 3.05) is 50.0 Å². The summed E-state index contributed by atoms with van der Waals surface area (Å²) in [6.45, 7) is 5.37. The number of aromatic amines is 1. The Morgan fingerprint density at radius 2 is 1.63 bits per heavy atom. The maximum Gasteiger partial charge on any atom is 0.0457 e. The number of aryl methyl sites for hydroxylation is 1. The molecule has 182 valence electrons. The second-order valence-corrected chi connectivity index (χ2v) is 10.5. The highest BCUT2D eigenvalue weighted by Gasteiger charge is 2.14. The van der Waals surface area contributed by atoms with E-state index in [-0.39, 0.29) is 0 Å². The maximum absolute atomic E-state index is 6.16. The Bertz CT molecular complexity index is 1230. The Balaban J connectivity index is 1.05. The average molecular weight is 506 g/mol. The van der Waals surface area contributed by atoms with Crippen LogP contribution in [0.4, 0.5) is 17.1 Å². The Morgan fingerprint density at radius 3 is 2.37 bits per heavy atom. The van der Waals surface area contributed by atoms with Gasteiger partial charge in [-0.2, -0.15) is 0 Å². The molecule has 1 aliphatic rings. The molecule has 4 aromatic rings. The molecule has 0 saturated carbocycles. The fourth-order valence-electron chi connectivity index (χ4n) is 4.44. The van der Waals surface area contributed by atoms with Crippen molar-refractivity contribution < 1.29 is 0 Å². The first kappa shape index (κ1) is 24.1. The lowest BCUT2D eigenvalue weighted by molar-refractivity contribution is 0.313. The lowest BCUT2D eigenvalue weighted by Crippen LogP contribution is -2.44. The van der Waals surface area contributed by atoms with Gasteiger partial charge < -0.3 is 20.1 Å². The van der Waals surface area contributed by atoms with Gasteiger partial charge in [0.25, 0.3) is 0 Å². The maximum atomic E-state index is 6.16. The van der Waals surface area contributed by atoms with Crippen molar-refractivity contribution >= 4 is 51.5 Å². The Hall–Kier alpha value is -2.64. The van der Waals surface area contributed by atoms with Crippen LogP contribution in [0.5, 0.6) is 0 Å². The van der Waals surface area contributed by atoms with Gasteiger partial charge in [-0.3, -0.25) is 4.72 Å². The van der Waals surface area contributed by atoms with Crippen molar-refractivity contribution in [2.45, 2.75) is 17.7 Å². The van der Waals surface area contributed by atoms with Crippen LogP contribution in [-0.4, -0.2) is 49.7 Å². The predicted octanol–water partition coefficient (Wildman–Crippen LogP) is 6.55. The molecule has 5 rings (SSSR count). The minimum absolute atomic E-state index is 0.785. The van der Waals surface area contributed by atoms with E-state index in [2.05, 4.69) is 86.6 Å². The molecule has 7 heteroatoms. The summed E-state index contributed by atoms with van der Waals surface area (Å²) in [7, 11) is 2.19. The number of nitrogens with zero attached hydrogens (tertiary/aromatic N) is 2. The summed E-state index contributed by atoms with van der Waals surface area (Å²) in [4.78, 5) is 9.38. The fourth-order valence-corrected chi connectivity index (χ4v) is 5.29. The molecule has 0 spiro atoms. The van der Waals surface area contributed by atoms with E-state index in [0.717, 1.165) is 67.5 Å². The van der Waals surface area contributed by atoms with E-state index < -0.39 is 0 Å². The Kier molecular flexibility index (Phi) is 7.84. The van der Waals surface area contributed by atoms with Crippen LogP contribution in [0.15, 0.2) is 77.8 Å². The number of nitrogens with one attached hydrogen (secondary N) is 3. The molecular formula is C28H32ClN5S. The molecular weight excluding hydrogens is 474 g/mol. The number of likely N-dealkylation sites (N-methyl/N-ethyl adjacent to an activating group) is 1. The molecule has 1 aromatic heterocycles. The summed E-state index contributed by atoms with van der Waals surface area (Å²) in [6, 6.07) is 23.3. The highest BCUT2D eigenvalue weighted by molar-refractivity contribution is 7.97. The van der Waals surface area contributed by atoms with Gasteiger partial charge in [0, 0.05) is 76.8 Å². The lowest BCUT2D eigenvalue weighted by Gasteiger charge is -2.34. The van der Waals surface area contributed by atoms with Crippen molar-refractivity contribution in [3.63, 3.8) is 0 Å². The van der Waals surface area contributed by atoms with Crippen LogP contribution in [0.25, 0.3) is 10.9 Å². The first-order valence-electron chi connectivity index (χ1n) is 12.2. The number of fused-ring (bicyclic) bond motifs is 1. The predicted molar refractivity (Wildman–Crippen MR) is 151 cm³/mol. The molecule has 2 heterocycles. The van der Waals surface area contributed by atoms with Gasteiger partial charge in [-0.25, -0.2) is 0 Å². The van der Waals surface area contributed by atoms with Gasteiger partial charge in [0.1, 0.15) is 0 Å². The normalized spacial score (nSPS) is 14.5. The van der Waals surface area contributed by atoms with Crippen molar-refractivity contribution in [1.82, 2.24) is 14.6 Å². The SMILES string of the molecule is CN1CCN(c2ccc(Nc3ccc(SNCCCc4c[nH]c5ccc(Cl)cc45)cc3)cc2)CC1. The number of rotatable bonds is 9. The van der Waals surface area contributed by atoms with Crippen molar-refractivity contribution in [2.24, 2.45) is 0 Å². The minimum Gasteiger partial charge on any atom is -0.369 e. The van der Waals surface area contributed by atoms with E-state index in [1.54, 1.807) is 11.9 Å². The van der Waals surface area contributed by atoms with Gasteiger partial charge in [0.15, 0.2) is 0 Å². The second-order valence-electron chi connectivity index (χ2n) is 9.09. The first-order valence-corrected chi connectivity index (χ1v) is 13.4. The number of anilines is 3. The number of aromatic nitrogens is 1. The molecule has 0 atom stereocenters. The number of hydrogen-bond acceptors (Lipinski definition) is 5. The molecule has 1 saturated heterocycles. The van der Waals surface area contributed by atoms with Crippen LogP contribution < -0.4 is 14.9 Å². The molecule has 3 aromatic carbocycles. The standard InChI is InChI=1S/C28H32ClN5S/c1-33-15-17-34(18-16-33)25-9-5-23(6-10-25)32-24-7-11-26(12-8-24)35-31-14-2-3-21-20-30-28-13-4-22(29)19-27(21)28/h4-13,19-20,30-32H,2-3,14-18H2,1H3. The summed E-state index contributed by atoms with van der Waals surface area (Å²) in [5, 5.41) is 5.52. The first-order chi connectivity index (χ1) is 17.1. The monoisotopic (exact) mass is 505 g/mol. The van der Waals surface area contributed by atoms with Gasteiger partial charge in [-0.1, -0.05) is 11.6 Å². The topological polar surface area (TPSA) is 46.3 Å². The molecule has 0 aliphatic carbocycles. The molecule has 35 heavy (non-hydrogen) atoms. The molecule has 0 unspecified atom stereocenters. The van der Waals surface area contributed by atoms with E-state index in [0.29, 0.717) is 0 Å². The van der Waals surface area contributed by atoms with Crippen molar-refractivity contribution in [1.29, 1.82) is 0 Å². The van der Waals surface area contributed by atoms with Crippen molar-refractivity contribution in [3.05, 3.63) is 83.5 Å². The van der Waals surface area contributed by atoms with E-state index in [1.807, 2.05) is 18.2 Å². The van der Waals surface area contributed by atoms with Crippen LogP contribution in [0.3, 0.4) is 0 Å². The number of H-pyrrole nitrogens is 1. The number of halogens is 1. The zero-order valence-corrected chi connectivity index (χ0v) is 21.6. The van der Waals surface area contributed by atoms with E-state index in [9.17, 15) is 0 Å². The molecule has 1 aliphatic heterocycles. The van der Waals surface area contributed by atoms with E-state index in [4.69, 9.17) is 11.6 Å². The quantitative estimate of drug-likeness (QED) is 0.178. The van der Waals surface area contributed by atoms with Gasteiger partial charge >= 0.3 is 0 Å². The fraction of sp³-hybridized carbons (Fsp3) is 0.286. The summed E-state index contributed by atoms with van der Waals surface area (Å²) in [5.74, 6) is 0. The third kappa shape index (κ3) is 6.33. The van der Waals surface area contributed by atoms with Gasteiger partial charge in [0.05, 0.1) is 0 Å². The number of piperazine rings is 1. The second kappa shape index (κ2) is 11.4. The van der Waals surface area contributed by atoms with Crippen LogP contribution in [0.1, 0.15) is 12.0 Å². The Morgan fingerprint density at radius 1 is 0.914 bits per heavy atom. The highest BCUT2D eigenvalue weighted by atomic mass is 35.5. The third-order valence-electron chi connectivity index (χ3n) is 6.52. The van der Waals surface area contributed by atoms with Gasteiger partial charge in [-0.05, 0) is 104 Å². The molecule has 0 radical (unpaired) electrons. The highest BCUT2D eigenvalue weighted by Crippen LogP contribution is 2.25. The largest absolute Gasteiger partial charge is 0.369 e. The molecule has 5 nitrogen and oxygen atoms in total. The lowest BCUT2D eigenvalue weighted by atomic mass is 10.1. The minimum atomic E-state index is 0.785. The summed E-state index contributed by atoms with van der Waals surface area (Å²) in [6.07, 6.45) is 4.18. The summed E-state index contributed by atoms with van der Waals surface area (Å²) < 4.78 is 3.49. The third-order valence-corrected chi connectivity index (χ3v) is 7.61. The zero-order chi connectivity index (χ0) is 24.0. The van der Waals surface area contributed by atoms with E-state index >= 15 is 0 Å². The Labute approximate surface area is 217 Å². The zero-order valence-electron chi connectivity index (χ0n) is 20.1. The molecule has 0 amide bonds. The smallest absolute Gasteiger partial charge is 0.0457 e. The number of hydrogen-bond donors (Lipinski definition) is 3. The van der Waals surface area contributed by atoms with Crippen LogP contribution in [-0.2, 0) is 6.42 Å². The average Bonchev–Trinajstić information content (AvgIpc) is 3.28. The molecule has 0 bridgehead atoms. The van der Waals surface area contributed by atoms with Gasteiger partial charge in [-0.15, -0.1) is 0 Å². The van der Waals surface area contributed by atoms with Crippen molar-refractivity contribution in [3.8, 4) is 0 Å². The van der Waals surface area contributed by atoms with E-state index in [1.165, 1.54) is 21.5 Å². The van der Waals surface area contributed by atoms with Crippen LogP contribution in [0.2, 0.25) is 5.02 Å². The summed E-state index contributed by atoms with van der Waals surface area (Å²) >= 11 is 7.84. The summed E-state index contributed by atoms with van der Waals surface area (Å²) in [5.41, 5.74) is 5.97. The van der Waals surface area contributed by atoms with Gasteiger partial charge in [0.2, 0.25) is 0 Å². The molecule has 3 N–H and O–H groups in total. The number of benzene rings is 3. The van der Waals surface area contributed by atoms with Crippen LogP contribution in [0, 0.1) is 0 Å².